The highest BCUT2D eigenvalue weighted by atomic mass is 16.1. The molecule has 0 saturated carbocycles. The predicted molar refractivity (Wildman–Crippen MR) is 65.7 cm³/mol. The van der Waals surface area contributed by atoms with Crippen LogP contribution in [-0.2, 0) is 0 Å². The van der Waals surface area contributed by atoms with E-state index in [2.05, 4.69) is 34.0 Å². The minimum absolute atomic E-state index is 0.174. The molecule has 1 heterocycles. The predicted octanol–water partition coefficient (Wildman–Crippen LogP) is 0.768. The van der Waals surface area contributed by atoms with E-state index in [0.29, 0.717) is 11.7 Å². The van der Waals surface area contributed by atoms with Crippen molar-refractivity contribution in [1.82, 2.24) is 14.9 Å². The van der Waals surface area contributed by atoms with Gasteiger partial charge in [0.15, 0.2) is 5.82 Å². The zero-order valence-corrected chi connectivity index (χ0v) is 10.3. The molecule has 0 amide bonds. The number of hydrogen-bond acceptors (Lipinski definition) is 4. The van der Waals surface area contributed by atoms with Crippen LogP contribution in [0.3, 0.4) is 0 Å². The number of aromatic amines is 1. The fraction of sp³-hybridized carbons (Fsp3) is 0.636. The topological polar surface area (TPSA) is 61.0 Å². The van der Waals surface area contributed by atoms with Crippen LogP contribution < -0.4 is 10.9 Å². The third kappa shape index (κ3) is 3.66. The molecule has 5 heteroatoms. The molecule has 0 aliphatic rings. The summed E-state index contributed by atoms with van der Waals surface area (Å²) < 4.78 is 0. The van der Waals surface area contributed by atoms with Crippen molar-refractivity contribution in [2.24, 2.45) is 5.92 Å². The minimum atomic E-state index is -0.174. The third-order valence-corrected chi connectivity index (χ3v) is 2.40. The summed E-state index contributed by atoms with van der Waals surface area (Å²) in [7, 11) is 4.03. The van der Waals surface area contributed by atoms with Gasteiger partial charge >= 0.3 is 0 Å². The Morgan fingerprint density at radius 3 is 2.69 bits per heavy atom. The molecule has 16 heavy (non-hydrogen) atoms. The molecule has 1 atom stereocenters. The molecule has 1 aromatic rings. The van der Waals surface area contributed by atoms with Crippen molar-refractivity contribution in [1.29, 1.82) is 0 Å². The van der Waals surface area contributed by atoms with Gasteiger partial charge in [-0.2, -0.15) is 0 Å². The second-order valence-electron chi connectivity index (χ2n) is 4.52. The Kier molecular flexibility index (Phi) is 4.49. The standard InChI is InChI=1S/C11H20N4O/c1-8(2)9(7-15(3)4)14-10-11(16)13-6-5-12-10/h5-6,8-9H,7H2,1-4H3,(H,12,14)(H,13,16). The SMILES string of the molecule is CC(C)C(CN(C)C)Nc1ncc[nH]c1=O. The van der Waals surface area contributed by atoms with E-state index in [1.807, 2.05) is 14.1 Å². The maximum absolute atomic E-state index is 11.5. The number of likely N-dealkylation sites (N-methyl/N-ethyl adjacent to an activating group) is 1. The third-order valence-electron chi connectivity index (χ3n) is 2.40. The molecule has 0 aliphatic heterocycles. The van der Waals surface area contributed by atoms with Crippen molar-refractivity contribution in [2.75, 3.05) is 26.0 Å². The molecule has 0 aliphatic carbocycles. The first-order valence-corrected chi connectivity index (χ1v) is 5.45. The van der Waals surface area contributed by atoms with Crippen molar-refractivity contribution in [2.45, 2.75) is 19.9 Å². The highest BCUT2D eigenvalue weighted by molar-refractivity contribution is 5.31. The summed E-state index contributed by atoms with van der Waals surface area (Å²) in [6, 6.07) is 0.214. The fourth-order valence-corrected chi connectivity index (χ4v) is 1.45. The molecule has 0 radical (unpaired) electrons. The van der Waals surface area contributed by atoms with E-state index in [-0.39, 0.29) is 11.6 Å². The van der Waals surface area contributed by atoms with Crippen LogP contribution in [0, 0.1) is 5.92 Å². The molecule has 2 N–H and O–H groups in total. The number of nitrogens with one attached hydrogen (secondary N) is 2. The Labute approximate surface area is 95.9 Å². The van der Waals surface area contributed by atoms with Crippen molar-refractivity contribution >= 4 is 5.82 Å². The van der Waals surface area contributed by atoms with Gasteiger partial charge in [0.2, 0.25) is 0 Å². The van der Waals surface area contributed by atoms with Crippen molar-refractivity contribution < 1.29 is 0 Å². The normalized spacial score (nSPS) is 13.1. The molecule has 0 bridgehead atoms. The van der Waals surface area contributed by atoms with E-state index < -0.39 is 0 Å². The second-order valence-corrected chi connectivity index (χ2v) is 4.52. The lowest BCUT2D eigenvalue weighted by atomic mass is 10.0. The van der Waals surface area contributed by atoms with Crippen LogP contribution in [-0.4, -0.2) is 41.5 Å². The van der Waals surface area contributed by atoms with Gasteiger partial charge in [-0.25, -0.2) is 4.98 Å². The number of rotatable bonds is 5. The average molecular weight is 224 g/mol. The smallest absolute Gasteiger partial charge is 0.290 e. The molecular weight excluding hydrogens is 204 g/mol. The Balaban J connectivity index is 2.76. The summed E-state index contributed by atoms with van der Waals surface area (Å²) in [4.78, 5) is 20.2. The summed E-state index contributed by atoms with van der Waals surface area (Å²) in [6.07, 6.45) is 3.11. The first-order chi connectivity index (χ1) is 7.50. The van der Waals surface area contributed by atoms with Gasteiger partial charge < -0.3 is 15.2 Å². The monoisotopic (exact) mass is 224 g/mol. The minimum Gasteiger partial charge on any atom is -0.361 e. The van der Waals surface area contributed by atoms with Crippen LogP contribution >= 0.6 is 0 Å². The lowest BCUT2D eigenvalue weighted by molar-refractivity contribution is 0.344. The average Bonchev–Trinajstić information content (AvgIpc) is 2.19. The van der Waals surface area contributed by atoms with E-state index >= 15 is 0 Å². The molecular formula is C11H20N4O. The number of anilines is 1. The van der Waals surface area contributed by atoms with Gasteiger partial charge in [-0.15, -0.1) is 0 Å². The number of hydrogen-bond donors (Lipinski definition) is 2. The van der Waals surface area contributed by atoms with Crippen LogP contribution in [0.2, 0.25) is 0 Å². The van der Waals surface area contributed by atoms with E-state index in [1.165, 1.54) is 6.20 Å². The molecule has 1 rings (SSSR count). The van der Waals surface area contributed by atoms with Crippen LogP contribution in [0.1, 0.15) is 13.8 Å². The number of aromatic nitrogens is 2. The molecule has 0 spiro atoms. The van der Waals surface area contributed by atoms with E-state index in [4.69, 9.17) is 0 Å². The summed E-state index contributed by atoms with van der Waals surface area (Å²) >= 11 is 0. The summed E-state index contributed by atoms with van der Waals surface area (Å²) in [5.74, 6) is 0.826. The van der Waals surface area contributed by atoms with E-state index in [9.17, 15) is 4.79 Å². The zero-order chi connectivity index (χ0) is 12.1. The van der Waals surface area contributed by atoms with E-state index in [1.54, 1.807) is 6.20 Å². The lowest BCUT2D eigenvalue weighted by Crippen LogP contribution is -2.38. The van der Waals surface area contributed by atoms with Crippen LogP contribution in [0.25, 0.3) is 0 Å². The van der Waals surface area contributed by atoms with Crippen molar-refractivity contribution in [3.8, 4) is 0 Å². The van der Waals surface area contributed by atoms with Crippen molar-refractivity contribution in [3.63, 3.8) is 0 Å². The molecule has 0 fully saturated rings. The van der Waals surface area contributed by atoms with Gasteiger partial charge in [0.25, 0.3) is 5.56 Å². The van der Waals surface area contributed by atoms with Gasteiger partial charge in [-0.3, -0.25) is 4.79 Å². The summed E-state index contributed by atoms with van der Waals surface area (Å²) in [5.41, 5.74) is -0.174. The Morgan fingerprint density at radius 2 is 2.19 bits per heavy atom. The first kappa shape index (κ1) is 12.7. The summed E-state index contributed by atoms with van der Waals surface area (Å²) in [6.45, 7) is 5.12. The largest absolute Gasteiger partial charge is 0.361 e. The zero-order valence-electron chi connectivity index (χ0n) is 10.3. The van der Waals surface area contributed by atoms with Crippen LogP contribution in [0.15, 0.2) is 17.2 Å². The van der Waals surface area contributed by atoms with Gasteiger partial charge in [-0.05, 0) is 20.0 Å². The number of H-pyrrole nitrogens is 1. The van der Waals surface area contributed by atoms with Crippen molar-refractivity contribution in [3.05, 3.63) is 22.7 Å². The van der Waals surface area contributed by atoms with Gasteiger partial charge in [0.05, 0.1) is 0 Å². The quantitative estimate of drug-likeness (QED) is 0.775. The Morgan fingerprint density at radius 1 is 1.50 bits per heavy atom. The fourth-order valence-electron chi connectivity index (χ4n) is 1.45. The van der Waals surface area contributed by atoms with Gasteiger partial charge in [-0.1, -0.05) is 13.8 Å². The Bertz CT molecular complexity index is 372. The first-order valence-electron chi connectivity index (χ1n) is 5.45. The second kappa shape index (κ2) is 5.65. The maximum atomic E-state index is 11.5. The van der Waals surface area contributed by atoms with Gasteiger partial charge in [0, 0.05) is 25.0 Å². The Hall–Kier alpha value is -1.36. The van der Waals surface area contributed by atoms with E-state index in [0.717, 1.165) is 6.54 Å². The number of nitrogens with zero attached hydrogens (tertiary/aromatic N) is 2. The summed E-state index contributed by atoms with van der Waals surface area (Å²) in [5, 5.41) is 3.18. The van der Waals surface area contributed by atoms with Gasteiger partial charge in [0.1, 0.15) is 0 Å². The molecule has 0 saturated heterocycles. The maximum Gasteiger partial charge on any atom is 0.290 e. The molecule has 0 aromatic carbocycles. The highest BCUT2D eigenvalue weighted by Gasteiger charge is 2.15. The molecule has 1 aromatic heterocycles. The molecule has 1 unspecified atom stereocenters. The highest BCUT2D eigenvalue weighted by Crippen LogP contribution is 2.07. The lowest BCUT2D eigenvalue weighted by Gasteiger charge is -2.25. The van der Waals surface area contributed by atoms with Crippen LogP contribution in [0.5, 0.6) is 0 Å². The molecule has 90 valence electrons. The van der Waals surface area contributed by atoms with Crippen LogP contribution in [0.4, 0.5) is 5.82 Å². The molecule has 5 nitrogen and oxygen atoms in total.